The van der Waals surface area contributed by atoms with Crippen molar-refractivity contribution in [3.05, 3.63) is 53.3 Å². The first-order valence-corrected chi connectivity index (χ1v) is 7.36. The van der Waals surface area contributed by atoms with Gasteiger partial charge in [0.05, 0.1) is 0 Å². The van der Waals surface area contributed by atoms with Crippen LogP contribution in [0.4, 0.5) is 0 Å². The van der Waals surface area contributed by atoms with Crippen molar-refractivity contribution in [2.45, 2.75) is 27.4 Å². The molecule has 0 atom stereocenters. The molecule has 0 aliphatic rings. The standard InChI is InChI=1S/C18H21NO4/c1-18(2,3)16(21)14-15(20)13(10-19(14)4)17(22)23-11-12-8-6-5-7-9-12/h5-10,20H,11H2,1-4H3. The van der Waals surface area contributed by atoms with Gasteiger partial charge in [-0.2, -0.15) is 0 Å². The zero-order valence-corrected chi connectivity index (χ0v) is 13.8. The summed E-state index contributed by atoms with van der Waals surface area (Å²) < 4.78 is 6.67. The van der Waals surface area contributed by atoms with Gasteiger partial charge in [0.25, 0.3) is 0 Å². The van der Waals surface area contributed by atoms with Gasteiger partial charge in [-0.1, -0.05) is 51.1 Å². The van der Waals surface area contributed by atoms with Crippen LogP contribution in [-0.2, 0) is 18.4 Å². The number of benzene rings is 1. The highest BCUT2D eigenvalue weighted by Gasteiger charge is 2.31. The Balaban J connectivity index is 2.21. The van der Waals surface area contributed by atoms with Crippen LogP contribution in [0.1, 0.15) is 47.2 Å². The van der Waals surface area contributed by atoms with Crippen LogP contribution in [0.15, 0.2) is 36.5 Å². The zero-order chi connectivity index (χ0) is 17.2. The molecule has 1 aromatic carbocycles. The number of nitrogens with zero attached hydrogens (tertiary/aromatic N) is 1. The molecule has 1 heterocycles. The predicted molar refractivity (Wildman–Crippen MR) is 86.4 cm³/mol. The molecule has 1 aromatic heterocycles. The average Bonchev–Trinajstić information content (AvgIpc) is 2.79. The van der Waals surface area contributed by atoms with E-state index in [-0.39, 0.29) is 29.4 Å². The van der Waals surface area contributed by atoms with Crippen molar-refractivity contribution in [1.29, 1.82) is 0 Å². The number of carbonyl (C=O) groups excluding carboxylic acids is 2. The third kappa shape index (κ3) is 3.62. The summed E-state index contributed by atoms with van der Waals surface area (Å²) in [5, 5.41) is 10.3. The van der Waals surface area contributed by atoms with E-state index < -0.39 is 11.4 Å². The highest BCUT2D eigenvalue weighted by atomic mass is 16.5. The van der Waals surface area contributed by atoms with Gasteiger partial charge in [-0.05, 0) is 5.56 Å². The molecular formula is C18H21NO4. The number of aromatic nitrogens is 1. The summed E-state index contributed by atoms with van der Waals surface area (Å²) in [7, 11) is 1.62. The second-order valence-electron chi connectivity index (χ2n) is 6.49. The molecule has 0 saturated carbocycles. The lowest BCUT2D eigenvalue weighted by Gasteiger charge is -2.17. The molecule has 5 nitrogen and oxygen atoms in total. The lowest BCUT2D eigenvalue weighted by atomic mass is 9.88. The Morgan fingerprint density at radius 3 is 2.35 bits per heavy atom. The first-order chi connectivity index (χ1) is 10.7. The molecule has 122 valence electrons. The van der Waals surface area contributed by atoms with Crippen LogP contribution >= 0.6 is 0 Å². The maximum Gasteiger partial charge on any atom is 0.343 e. The maximum atomic E-state index is 12.4. The smallest absolute Gasteiger partial charge is 0.343 e. The number of esters is 1. The lowest BCUT2D eigenvalue weighted by molar-refractivity contribution is 0.0469. The van der Waals surface area contributed by atoms with E-state index in [1.165, 1.54) is 10.8 Å². The van der Waals surface area contributed by atoms with E-state index in [0.717, 1.165) is 5.56 Å². The van der Waals surface area contributed by atoms with Crippen molar-refractivity contribution in [2.24, 2.45) is 12.5 Å². The molecule has 0 radical (unpaired) electrons. The lowest BCUT2D eigenvalue weighted by Crippen LogP contribution is -2.22. The molecule has 0 bridgehead atoms. The van der Waals surface area contributed by atoms with E-state index >= 15 is 0 Å². The van der Waals surface area contributed by atoms with E-state index in [0.29, 0.717) is 0 Å². The predicted octanol–water partition coefficient (Wildman–Crippen LogP) is 3.32. The molecule has 0 aliphatic carbocycles. The Morgan fingerprint density at radius 2 is 1.78 bits per heavy atom. The van der Waals surface area contributed by atoms with Gasteiger partial charge < -0.3 is 14.4 Å². The molecule has 2 aromatic rings. The fourth-order valence-electron chi connectivity index (χ4n) is 2.19. The third-order valence-corrected chi connectivity index (χ3v) is 3.48. The fraction of sp³-hybridized carbons (Fsp3) is 0.333. The van der Waals surface area contributed by atoms with E-state index in [4.69, 9.17) is 4.74 Å². The summed E-state index contributed by atoms with van der Waals surface area (Å²) in [6, 6.07) is 9.25. The van der Waals surface area contributed by atoms with Crippen LogP contribution in [-0.4, -0.2) is 21.4 Å². The number of aromatic hydroxyl groups is 1. The van der Waals surface area contributed by atoms with Crippen LogP contribution in [0.25, 0.3) is 0 Å². The second-order valence-corrected chi connectivity index (χ2v) is 6.49. The van der Waals surface area contributed by atoms with Crippen LogP contribution < -0.4 is 0 Å². The minimum Gasteiger partial charge on any atom is -0.505 e. The van der Waals surface area contributed by atoms with E-state index in [1.54, 1.807) is 27.8 Å². The number of hydrogen-bond donors (Lipinski definition) is 1. The number of ether oxygens (including phenoxy) is 1. The third-order valence-electron chi connectivity index (χ3n) is 3.48. The molecule has 0 spiro atoms. The Morgan fingerprint density at radius 1 is 1.17 bits per heavy atom. The molecule has 0 fully saturated rings. The summed E-state index contributed by atoms with van der Waals surface area (Å²) in [6.45, 7) is 5.38. The Hall–Kier alpha value is -2.56. The Kier molecular flexibility index (Phi) is 4.59. The zero-order valence-electron chi connectivity index (χ0n) is 13.8. The molecule has 0 unspecified atom stereocenters. The van der Waals surface area contributed by atoms with Crippen molar-refractivity contribution >= 4 is 11.8 Å². The van der Waals surface area contributed by atoms with Gasteiger partial charge in [0.1, 0.15) is 17.9 Å². The van der Waals surface area contributed by atoms with Crippen LogP contribution in [0.2, 0.25) is 0 Å². The summed E-state index contributed by atoms with van der Waals surface area (Å²) in [5.74, 6) is -1.22. The van der Waals surface area contributed by atoms with Crippen LogP contribution in [0.5, 0.6) is 5.75 Å². The summed E-state index contributed by atoms with van der Waals surface area (Å²) >= 11 is 0. The van der Waals surface area contributed by atoms with Crippen molar-refractivity contribution < 1.29 is 19.4 Å². The van der Waals surface area contributed by atoms with Gasteiger partial charge in [-0.25, -0.2) is 4.79 Å². The average molecular weight is 315 g/mol. The maximum absolute atomic E-state index is 12.4. The highest BCUT2D eigenvalue weighted by Crippen LogP contribution is 2.31. The van der Waals surface area contributed by atoms with E-state index in [9.17, 15) is 14.7 Å². The molecular weight excluding hydrogens is 294 g/mol. The quantitative estimate of drug-likeness (QED) is 0.694. The molecule has 23 heavy (non-hydrogen) atoms. The highest BCUT2D eigenvalue weighted by molar-refractivity contribution is 6.05. The topological polar surface area (TPSA) is 68.5 Å². The van der Waals surface area contributed by atoms with Crippen LogP contribution in [0, 0.1) is 5.41 Å². The minimum atomic E-state index is -0.658. The van der Waals surface area contributed by atoms with Gasteiger partial charge >= 0.3 is 5.97 Å². The molecule has 5 heteroatoms. The van der Waals surface area contributed by atoms with Gasteiger partial charge in [0.2, 0.25) is 0 Å². The molecule has 2 rings (SSSR count). The summed E-state index contributed by atoms with van der Waals surface area (Å²) in [4.78, 5) is 24.6. The van der Waals surface area contributed by atoms with Crippen molar-refractivity contribution in [3.63, 3.8) is 0 Å². The Bertz CT molecular complexity index is 723. The molecule has 1 N–H and O–H groups in total. The number of ketones is 1. The van der Waals surface area contributed by atoms with Gasteiger partial charge in [-0.3, -0.25) is 4.79 Å². The number of rotatable bonds is 4. The van der Waals surface area contributed by atoms with Crippen molar-refractivity contribution in [2.75, 3.05) is 0 Å². The summed E-state index contributed by atoms with van der Waals surface area (Å²) in [6.07, 6.45) is 1.42. The monoisotopic (exact) mass is 315 g/mol. The van der Waals surface area contributed by atoms with Crippen LogP contribution in [0.3, 0.4) is 0 Å². The van der Waals surface area contributed by atoms with Gasteiger partial charge in [0, 0.05) is 18.7 Å². The number of carbonyl (C=O) groups is 2. The van der Waals surface area contributed by atoms with E-state index in [2.05, 4.69) is 0 Å². The molecule has 0 aliphatic heterocycles. The number of aryl methyl sites for hydroxylation is 1. The SMILES string of the molecule is Cn1cc(C(=O)OCc2ccccc2)c(O)c1C(=O)C(C)(C)C. The minimum absolute atomic E-state index is 0.00367. The first-order valence-electron chi connectivity index (χ1n) is 7.36. The first kappa shape index (κ1) is 16.8. The number of hydrogen-bond acceptors (Lipinski definition) is 4. The Labute approximate surface area is 135 Å². The molecule has 0 amide bonds. The molecule has 0 saturated heterocycles. The van der Waals surface area contributed by atoms with Crippen molar-refractivity contribution in [3.8, 4) is 5.75 Å². The summed E-state index contributed by atoms with van der Waals surface area (Å²) in [5.41, 5.74) is 0.303. The number of Topliss-reactive ketones (excluding diaryl/α,β-unsaturated/α-hetero) is 1. The largest absolute Gasteiger partial charge is 0.505 e. The van der Waals surface area contributed by atoms with E-state index in [1.807, 2.05) is 30.3 Å². The second kappa shape index (κ2) is 6.28. The fourth-order valence-corrected chi connectivity index (χ4v) is 2.19. The van der Waals surface area contributed by atoms with Crippen molar-refractivity contribution in [1.82, 2.24) is 4.57 Å². The normalized spacial score (nSPS) is 11.3. The van der Waals surface area contributed by atoms with Gasteiger partial charge in [-0.15, -0.1) is 0 Å². The van der Waals surface area contributed by atoms with Gasteiger partial charge in [0.15, 0.2) is 11.5 Å².